The molecule has 1 N–H and O–H groups in total. The second-order valence-corrected chi connectivity index (χ2v) is 7.22. The molecule has 0 amide bonds. The maximum absolute atomic E-state index is 13.4. The zero-order chi connectivity index (χ0) is 19.7. The van der Waals surface area contributed by atoms with E-state index < -0.39 is 11.6 Å². The summed E-state index contributed by atoms with van der Waals surface area (Å²) in [5.41, 5.74) is 0.770. The quantitative estimate of drug-likeness (QED) is 0.692. The van der Waals surface area contributed by atoms with Crippen molar-refractivity contribution in [2.24, 2.45) is 0 Å². The van der Waals surface area contributed by atoms with E-state index in [0.717, 1.165) is 37.6 Å². The van der Waals surface area contributed by atoms with Crippen LogP contribution in [0.4, 0.5) is 8.78 Å². The third-order valence-corrected chi connectivity index (χ3v) is 5.07. The van der Waals surface area contributed by atoms with Crippen LogP contribution in [0.3, 0.4) is 0 Å². The first-order chi connectivity index (χ1) is 13.5. The van der Waals surface area contributed by atoms with Gasteiger partial charge in [0.1, 0.15) is 24.1 Å². The molecule has 28 heavy (non-hydrogen) atoms. The molecule has 1 saturated carbocycles. The molecule has 3 aromatic rings. The minimum Gasteiger partial charge on any atom is -0.460 e. The van der Waals surface area contributed by atoms with Crippen molar-refractivity contribution < 1.29 is 13.5 Å². The zero-order valence-electron chi connectivity index (χ0n) is 15.7. The molecule has 2 heterocycles. The molecule has 0 saturated heterocycles. The summed E-state index contributed by atoms with van der Waals surface area (Å²) in [6, 6.07) is 3.29. The Kier molecular flexibility index (Phi) is 5.11. The number of nitrogens with one attached hydrogen (secondary N) is 1. The average molecular weight is 388 g/mol. The molecule has 2 aromatic heterocycles. The number of fused-ring (bicyclic) bond motifs is 1. The maximum atomic E-state index is 13.4. The van der Waals surface area contributed by atoms with Crippen LogP contribution in [-0.4, -0.2) is 19.5 Å². The number of imidazole rings is 1. The second-order valence-electron chi connectivity index (χ2n) is 7.22. The minimum atomic E-state index is -0.679. The fourth-order valence-corrected chi connectivity index (χ4v) is 3.75. The Morgan fingerprint density at radius 2 is 1.89 bits per heavy atom. The molecular formula is C20H22F2N4O2. The Labute approximate surface area is 160 Å². The summed E-state index contributed by atoms with van der Waals surface area (Å²) in [7, 11) is 0. The predicted molar refractivity (Wildman–Crippen MR) is 100 cm³/mol. The van der Waals surface area contributed by atoms with Crippen LogP contribution in [0.1, 0.15) is 56.3 Å². The average Bonchev–Trinajstić information content (AvgIpc) is 3.31. The molecule has 8 heteroatoms. The summed E-state index contributed by atoms with van der Waals surface area (Å²) in [5.74, 6) is -0.236. The van der Waals surface area contributed by atoms with Crippen molar-refractivity contribution in [3.8, 4) is 6.01 Å². The molecule has 0 aliphatic heterocycles. The van der Waals surface area contributed by atoms with Gasteiger partial charge in [0.2, 0.25) is 0 Å². The third-order valence-electron chi connectivity index (χ3n) is 5.07. The lowest BCUT2D eigenvalue weighted by Gasteiger charge is -2.12. The van der Waals surface area contributed by atoms with E-state index in [9.17, 15) is 13.6 Å². The number of benzene rings is 1. The lowest BCUT2D eigenvalue weighted by atomic mass is 10.1. The molecule has 1 aliphatic carbocycles. The van der Waals surface area contributed by atoms with Crippen molar-refractivity contribution in [2.45, 2.75) is 58.1 Å². The van der Waals surface area contributed by atoms with Gasteiger partial charge < -0.3 is 9.72 Å². The van der Waals surface area contributed by atoms with E-state index in [2.05, 4.69) is 15.0 Å². The molecule has 0 unspecified atom stereocenters. The monoisotopic (exact) mass is 388 g/mol. The molecule has 1 aliphatic rings. The zero-order valence-corrected chi connectivity index (χ0v) is 15.7. The van der Waals surface area contributed by atoms with Gasteiger partial charge in [0.15, 0.2) is 11.2 Å². The Hall–Kier alpha value is -2.77. The molecular weight excluding hydrogens is 366 g/mol. The molecule has 4 rings (SSSR count). The van der Waals surface area contributed by atoms with Crippen LogP contribution >= 0.6 is 0 Å². The standard InChI is InChI=1S/C20H22F2N4O2/c1-2-7-26-19(27)16-18(24-17(23-16)13-5-3-4-6-13)25-20(26)28-11-12-8-14(21)10-15(22)9-12/h8-10,13H,2-7,11H2,1H3,(H,23,24). The first-order valence-electron chi connectivity index (χ1n) is 9.63. The first kappa shape index (κ1) is 18.6. The van der Waals surface area contributed by atoms with Gasteiger partial charge in [0.05, 0.1) is 0 Å². The normalized spacial score (nSPS) is 14.8. The maximum Gasteiger partial charge on any atom is 0.301 e. The van der Waals surface area contributed by atoms with Crippen molar-refractivity contribution in [2.75, 3.05) is 0 Å². The van der Waals surface area contributed by atoms with E-state index in [1.165, 1.54) is 16.7 Å². The van der Waals surface area contributed by atoms with Gasteiger partial charge in [0, 0.05) is 18.5 Å². The number of H-pyrrole nitrogens is 1. The van der Waals surface area contributed by atoms with E-state index in [1.54, 1.807) is 0 Å². The highest BCUT2D eigenvalue weighted by Gasteiger charge is 2.23. The highest BCUT2D eigenvalue weighted by molar-refractivity contribution is 5.70. The van der Waals surface area contributed by atoms with Gasteiger partial charge in [-0.25, -0.2) is 13.8 Å². The largest absolute Gasteiger partial charge is 0.460 e. The fraction of sp³-hybridized carbons (Fsp3) is 0.450. The van der Waals surface area contributed by atoms with Gasteiger partial charge in [-0.05, 0) is 37.0 Å². The van der Waals surface area contributed by atoms with E-state index in [1.807, 2.05) is 6.92 Å². The van der Waals surface area contributed by atoms with Crippen LogP contribution in [0.5, 0.6) is 6.01 Å². The highest BCUT2D eigenvalue weighted by Crippen LogP contribution is 2.33. The van der Waals surface area contributed by atoms with Crippen molar-refractivity contribution >= 4 is 11.2 Å². The van der Waals surface area contributed by atoms with Crippen LogP contribution < -0.4 is 10.3 Å². The fourth-order valence-electron chi connectivity index (χ4n) is 3.75. The van der Waals surface area contributed by atoms with E-state index in [4.69, 9.17) is 4.74 Å². The van der Waals surface area contributed by atoms with E-state index >= 15 is 0 Å². The number of nitrogens with zero attached hydrogens (tertiary/aromatic N) is 3. The SMILES string of the molecule is CCCn1c(OCc2cc(F)cc(F)c2)nc2nc(C3CCCC3)[nH]c2c1=O. The summed E-state index contributed by atoms with van der Waals surface area (Å²) in [6.07, 6.45) is 5.14. The second kappa shape index (κ2) is 7.69. The van der Waals surface area contributed by atoms with Gasteiger partial charge >= 0.3 is 6.01 Å². The predicted octanol–water partition coefficient (Wildman–Crippen LogP) is 4.04. The van der Waals surface area contributed by atoms with Crippen LogP contribution in [0.25, 0.3) is 11.2 Å². The number of ether oxygens (including phenoxy) is 1. The Morgan fingerprint density at radius 3 is 2.57 bits per heavy atom. The van der Waals surface area contributed by atoms with Crippen LogP contribution in [0.15, 0.2) is 23.0 Å². The van der Waals surface area contributed by atoms with Crippen LogP contribution in [-0.2, 0) is 13.2 Å². The first-order valence-corrected chi connectivity index (χ1v) is 9.63. The number of rotatable bonds is 6. The number of hydrogen-bond acceptors (Lipinski definition) is 4. The summed E-state index contributed by atoms with van der Waals surface area (Å²) in [6.45, 7) is 2.27. The van der Waals surface area contributed by atoms with Gasteiger partial charge in [-0.3, -0.25) is 9.36 Å². The third kappa shape index (κ3) is 3.63. The van der Waals surface area contributed by atoms with Crippen LogP contribution in [0.2, 0.25) is 0 Å². The van der Waals surface area contributed by atoms with E-state index in [-0.39, 0.29) is 18.2 Å². The smallest absolute Gasteiger partial charge is 0.301 e. The van der Waals surface area contributed by atoms with Crippen molar-refractivity contribution in [1.29, 1.82) is 0 Å². The van der Waals surface area contributed by atoms with E-state index in [0.29, 0.717) is 35.6 Å². The molecule has 148 valence electrons. The number of hydrogen-bond donors (Lipinski definition) is 1. The Morgan fingerprint density at radius 1 is 1.18 bits per heavy atom. The lowest BCUT2D eigenvalue weighted by molar-refractivity contribution is 0.260. The van der Waals surface area contributed by atoms with Gasteiger partial charge in [-0.2, -0.15) is 4.98 Å². The molecule has 6 nitrogen and oxygen atoms in total. The lowest BCUT2D eigenvalue weighted by Crippen LogP contribution is -2.23. The Bertz CT molecular complexity index is 1030. The van der Waals surface area contributed by atoms with Gasteiger partial charge in [0.25, 0.3) is 5.56 Å². The van der Waals surface area contributed by atoms with Crippen molar-refractivity contribution in [1.82, 2.24) is 19.5 Å². The summed E-state index contributed by atoms with van der Waals surface area (Å²) >= 11 is 0. The van der Waals surface area contributed by atoms with Gasteiger partial charge in [-0.1, -0.05) is 19.8 Å². The summed E-state index contributed by atoms with van der Waals surface area (Å²) in [5, 5.41) is 0. The molecule has 0 atom stereocenters. The number of halogens is 2. The topological polar surface area (TPSA) is 72.8 Å². The highest BCUT2D eigenvalue weighted by atomic mass is 19.1. The van der Waals surface area contributed by atoms with Crippen molar-refractivity contribution in [3.63, 3.8) is 0 Å². The number of aromatic amines is 1. The molecule has 0 bridgehead atoms. The Balaban J connectivity index is 1.69. The molecule has 1 aromatic carbocycles. The molecule has 1 fully saturated rings. The van der Waals surface area contributed by atoms with Gasteiger partial charge in [-0.15, -0.1) is 0 Å². The summed E-state index contributed by atoms with van der Waals surface area (Å²) in [4.78, 5) is 25.0. The van der Waals surface area contributed by atoms with Crippen molar-refractivity contribution in [3.05, 3.63) is 51.6 Å². The van der Waals surface area contributed by atoms with Crippen LogP contribution in [0, 0.1) is 11.6 Å². The molecule has 0 spiro atoms. The summed E-state index contributed by atoms with van der Waals surface area (Å²) < 4.78 is 33.9. The number of aromatic nitrogens is 4. The minimum absolute atomic E-state index is 0.101. The molecule has 0 radical (unpaired) electrons.